The van der Waals surface area contributed by atoms with Crippen molar-refractivity contribution in [2.75, 3.05) is 33.2 Å². The zero-order valence-electron chi connectivity index (χ0n) is 50.7. The van der Waals surface area contributed by atoms with E-state index in [4.69, 9.17) is 15.5 Å². The molecule has 0 radical (unpaired) electrons. The van der Waals surface area contributed by atoms with Gasteiger partial charge >= 0.3 is 5.97 Å². The van der Waals surface area contributed by atoms with Crippen LogP contribution >= 0.6 is 0 Å². The summed E-state index contributed by atoms with van der Waals surface area (Å²) in [5, 5.41) is 0. The molecule has 1 aliphatic carbocycles. The predicted octanol–water partition coefficient (Wildman–Crippen LogP) is 15.5. The fraction of sp³-hybridized carbons (Fsp3) is 0.419. The molecule has 83 heavy (non-hydrogen) atoms. The largest absolute Gasteiger partial charge is 0.457 e. The van der Waals surface area contributed by atoms with Gasteiger partial charge in [-0.05, 0) is 123 Å². The molecule has 3 aromatic carbocycles. The van der Waals surface area contributed by atoms with Gasteiger partial charge in [-0.1, -0.05) is 219 Å². The summed E-state index contributed by atoms with van der Waals surface area (Å²) in [5.74, 6) is 12.0. The van der Waals surface area contributed by atoms with Gasteiger partial charge in [0.05, 0.1) is 24.4 Å². The summed E-state index contributed by atoms with van der Waals surface area (Å²) in [6, 6.07) is 33.1. The molecule has 2 atom stereocenters. The second-order valence-electron chi connectivity index (χ2n) is 22.4. The molecule has 5 aromatic rings. The Hall–Kier alpha value is -7.27. The highest BCUT2D eigenvalue weighted by Crippen LogP contribution is 2.28. The highest BCUT2D eigenvalue weighted by atomic mass is 16.5. The van der Waals surface area contributed by atoms with Crippen LogP contribution in [0.15, 0.2) is 145 Å². The molecule has 0 fully saturated rings. The lowest BCUT2D eigenvalue weighted by Crippen LogP contribution is -2.32. The minimum absolute atomic E-state index is 0.0383. The van der Waals surface area contributed by atoms with E-state index < -0.39 is 17.9 Å². The summed E-state index contributed by atoms with van der Waals surface area (Å²) in [7, 11) is 1.85. The molecule has 0 bridgehead atoms. The number of aromatic nitrogens is 2. The van der Waals surface area contributed by atoms with Gasteiger partial charge in [-0.25, -0.2) is 14.8 Å². The lowest BCUT2D eigenvalue weighted by Gasteiger charge is -2.20. The number of hydrogen-bond donors (Lipinski definition) is 1. The molecule has 0 spiro atoms. The zero-order valence-corrected chi connectivity index (χ0v) is 50.7. The summed E-state index contributed by atoms with van der Waals surface area (Å²) in [5.41, 5.74) is 17.7. The molecule has 0 aliphatic heterocycles. The number of benzene rings is 3. The van der Waals surface area contributed by atoms with E-state index in [0.717, 1.165) is 60.2 Å². The average molecular weight is 1110 g/mol. The fourth-order valence-electron chi connectivity index (χ4n) is 10.5. The molecule has 2 heterocycles. The monoisotopic (exact) mass is 1110 g/mol. The molecular formula is C74H91N5O4. The second kappa shape index (κ2) is 35.7. The van der Waals surface area contributed by atoms with E-state index in [1.54, 1.807) is 24.3 Å². The maximum absolute atomic E-state index is 14.4. The van der Waals surface area contributed by atoms with Gasteiger partial charge in [0.2, 0.25) is 0 Å². The molecular weight excluding hydrogens is 1020 g/mol. The Balaban J connectivity index is 1.17. The van der Waals surface area contributed by atoms with E-state index in [1.165, 1.54) is 93.7 Å². The molecule has 0 saturated heterocycles. The summed E-state index contributed by atoms with van der Waals surface area (Å²) in [6.45, 7) is 17.2. The Kier molecular flexibility index (Phi) is 27.9. The maximum atomic E-state index is 14.4. The first-order chi connectivity index (χ1) is 40.4. The van der Waals surface area contributed by atoms with Crippen molar-refractivity contribution in [1.82, 2.24) is 19.8 Å². The van der Waals surface area contributed by atoms with Crippen LogP contribution in [0.5, 0.6) is 0 Å². The number of carbonyl (C=O) groups excluding carboxylic acids is 3. The average Bonchev–Trinajstić information content (AvgIpc) is 3.50. The predicted molar refractivity (Wildman–Crippen MR) is 342 cm³/mol. The number of allylic oxidation sites excluding steroid dienone is 6. The van der Waals surface area contributed by atoms with E-state index in [-0.39, 0.29) is 49.0 Å². The Morgan fingerprint density at radius 2 is 1.23 bits per heavy atom. The van der Waals surface area contributed by atoms with Crippen molar-refractivity contribution in [3.63, 3.8) is 0 Å². The number of ketones is 2. The van der Waals surface area contributed by atoms with Crippen LogP contribution in [0.3, 0.4) is 0 Å². The molecule has 6 rings (SSSR count). The number of pyridine rings is 2. The number of carbonyl (C=O) groups is 3. The number of aryl methyl sites for hydroxylation is 2. The molecule has 9 nitrogen and oxygen atoms in total. The van der Waals surface area contributed by atoms with Crippen LogP contribution in [0.1, 0.15) is 203 Å². The maximum Gasteiger partial charge on any atom is 0.357 e. The number of hydrogen-bond acceptors (Lipinski definition) is 9. The fourth-order valence-corrected chi connectivity index (χ4v) is 10.5. The smallest absolute Gasteiger partial charge is 0.357 e. The first-order valence-corrected chi connectivity index (χ1v) is 30.8. The Bertz CT molecular complexity index is 3110. The Morgan fingerprint density at radius 3 is 1.82 bits per heavy atom. The van der Waals surface area contributed by atoms with Gasteiger partial charge in [-0.15, -0.1) is 0 Å². The van der Waals surface area contributed by atoms with Gasteiger partial charge in [-0.2, -0.15) is 0 Å². The van der Waals surface area contributed by atoms with Crippen molar-refractivity contribution >= 4 is 17.5 Å². The van der Waals surface area contributed by atoms with E-state index in [1.807, 2.05) is 43.1 Å². The zero-order chi connectivity index (χ0) is 59.2. The number of ether oxygens (including phenoxy) is 1. The third-order valence-electron chi connectivity index (χ3n) is 15.3. The number of nitrogens with zero attached hydrogens (tertiary/aromatic N) is 4. The highest BCUT2D eigenvalue weighted by Gasteiger charge is 2.26. The number of rotatable bonds is 33. The SMILES string of the molecule is C=C/C=C(\C)CN(C)CC(=O)C[C@H](CC(=O)c1cc(C#CC2=CCC(c3ccc(CCCCCCCC)cc3)C=C2)cc(CN)n1)OC(=O)c1cc(C#Cc2ccc(-c3ccc(CCCCCCCC)cc3)cc2)cc(CN(CC)CC)n1. The van der Waals surface area contributed by atoms with Crippen molar-refractivity contribution < 1.29 is 19.1 Å². The first kappa shape index (κ1) is 64.9. The van der Waals surface area contributed by atoms with Crippen LogP contribution in [0.4, 0.5) is 0 Å². The molecule has 1 aliphatic rings. The third kappa shape index (κ3) is 22.8. The van der Waals surface area contributed by atoms with Crippen LogP contribution in [0.2, 0.25) is 0 Å². The molecule has 0 saturated carbocycles. The van der Waals surface area contributed by atoms with Gasteiger partial charge in [0.1, 0.15) is 17.5 Å². The summed E-state index contributed by atoms with van der Waals surface area (Å²) >= 11 is 0. The van der Waals surface area contributed by atoms with Crippen molar-refractivity contribution in [2.24, 2.45) is 5.73 Å². The topological polar surface area (TPSA) is 119 Å². The van der Waals surface area contributed by atoms with Crippen LogP contribution in [-0.2, 0) is 35.5 Å². The van der Waals surface area contributed by atoms with Gasteiger partial charge in [0, 0.05) is 54.2 Å². The summed E-state index contributed by atoms with van der Waals surface area (Å²) in [4.78, 5) is 56.1. The van der Waals surface area contributed by atoms with E-state index in [0.29, 0.717) is 35.6 Å². The quantitative estimate of drug-likeness (QED) is 0.0144. The lowest BCUT2D eigenvalue weighted by molar-refractivity contribution is -0.121. The number of likely N-dealkylation sites (N-methyl/N-ethyl adjacent to an activating group) is 1. The highest BCUT2D eigenvalue weighted by molar-refractivity contribution is 5.96. The minimum Gasteiger partial charge on any atom is -0.457 e. The standard InChI is InChI=1S/C74H91N5O4/c1-8-13-15-17-19-21-24-57-30-38-63(39-31-57)65-42-34-59(35-43-65)26-28-61-46-67(52-75)76-71(48-61)73(81)51-70(50-69(80)55-78(7)53-56(6)23-10-3)83-74(82)72-49-62(47-68(77-72)54-79(11-4)12-5)29-27-60-36-44-66(45-37-60)64-40-32-58(33-41-64)25-22-20-18-16-14-9-2/h10,23,30-42,44-49,65,70H,3,8-9,11-22,24-25,43,50-55,75H2,1-2,4-7H3/b56-23+/t65?,70-/m1/s1. The van der Waals surface area contributed by atoms with E-state index in [2.05, 4.69) is 147 Å². The second-order valence-corrected chi connectivity index (χ2v) is 22.4. The van der Waals surface area contributed by atoms with Crippen molar-refractivity contribution in [3.8, 4) is 34.8 Å². The van der Waals surface area contributed by atoms with Crippen LogP contribution < -0.4 is 5.73 Å². The number of nitrogens with two attached hydrogens (primary N) is 1. The molecule has 2 aromatic heterocycles. The van der Waals surface area contributed by atoms with Gasteiger partial charge in [-0.3, -0.25) is 19.4 Å². The van der Waals surface area contributed by atoms with Crippen molar-refractivity contribution in [3.05, 3.63) is 201 Å². The van der Waals surface area contributed by atoms with Crippen LogP contribution in [0, 0.1) is 23.7 Å². The van der Waals surface area contributed by atoms with Crippen LogP contribution in [0.25, 0.3) is 11.1 Å². The number of Topliss-reactive ketones (excluding diaryl/α,β-unsaturated/α-hetero) is 2. The van der Waals surface area contributed by atoms with E-state index >= 15 is 0 Å². The van der Waals surface area contributed by atoms with Crippen molar-refractivity contribution in [2.45, 2.75) is 169 Å². The number of esters is 1. The molecule has 9 heteroatoms. The summed E-state index contributed by atoms with van der Waals surface area (Å²) < 4.78 is 6.18. The first-order valence-electron chi connectivity index (χ1n) is 30.8. The Morgan fingerprint density at radius 1 is 0.675 bits per heavy atom. The Labute approximate surface area is 498 Å². The van der Waals surface area contributed by atoms with Crippen LogP contribution in [-0.4, -0.2) is 76.6 Å². The molecule has 1 unspecified atom stereocenters. The van der Waals surface area contributed by atoms with Gasteiger partial charge < -0.3 is 10.5 Å². The number of unbranched alkanes of at least 4 members (excludes halogenated alkanes) is 10. The molecule has 0 amide bonds. The lowest BCUT2D eigenvalue weighted by atomic mass is 9.89. The molecule has 2 N–H and O–H groups in total. The van der Waals surface area contributed by atoms with E-state index in [9.17, 15) is 14.4 Å². The van der Waals surface area contributed by atoms with Gasteiger partial charge in [0.15, 0.2) is 11.6 Å². The normalized spacial score (nSPS) is 13.4. The van der Waals surface area contributed by atoms with Gasteiger partial charge in [0.25, 0.3) is 0 Å². The summed E-state index contributed by atoms with van der Waals surface area (Å²) in [6.07, 6.45) is 27.0. The molecule has 436 valence electrons. The minimum atomic E-state index is -1.13. The third-order valence-corrected chi connectivity index (χ3v) is 15.3. The van der Waals surface area contributed by atoms with Crippen molar-refractivity contribution in [1.29, 1.82) is 0 Å².